The summed E-state index contributed by atoms with van der Waals surface area (Å²) in [5, 5.41) is 0.399. The topological polar surface area (TPSA) is 69.4 Å². The first kappa shape index (κ1) is 13.1. The van der Waals surface area contributed by atoms with Crippen molar-refractivity contribution in [2.24, 2.45) is 0 Å². The molecule has 90 valence electrons. The van der Waals surface area contributed by atoms with Crippen LogP contribution in [0.1, 0.15) is 6.92 Å². The van der Waals surface area contributed by atoms with Crippen molar-refractivity contribution < 1.29 is 13.2 Å². The molecule has 1 aromatic carbocycles. The number of ether oxygens (including phenoxy) is 1. The maximum absolute atomic E-state index is 11.2. The van der Waals surface area contributed by atoms with Crippen LogP contribution in [-0.2, 0) is 9.84 Å². The molecule has 0 aliphatic rings. The first-order chi connectivity index (χ1) is 7.44. The molecule has 0 radical (unpaired) electrons. The summed E-state index contributed by atoms with van der Waals surface area (Å²) in [6.45, 7) is 1.73. The molecular weight excluding hydrogens is 250 g/mol. The molecule has 0 spiro atoms. The summed E-state index contributed by atoms with van der Waals surface area (Å²) >= 11 is 5.79. The Balaban J connectivity index is 2.53. The minimum Gasteiger partial charge on any atom is -0.492 e. The molecule has 0 saturated carbocycles. The quantitative estimate of drug-likeness (QED) is 0.822. The van der Waals surface area contributed by atoms with E-state index < -0.39 is 9.84 Å². The van der Waals surface area contributed by atoms with Gasteiger partial charge in [-0.05, 0) is 12.1 Å². The van der Waals surface area contributed by atoms with Crippen molar-refractivity contribution in [2.75, 3.05) is 23.8 Å². The molecule has 2 N–H and O–H groups in total. The number of nitrogens with two attached hydrogens (primary N) is 1. The predicted molar refractivity (Wildman–Crippen MR) is 65.7 cm³/mol. The van der Waals surface area contributed by atoms with Gasteiger partial charge >= 0.3 is 0 Å². The summed E-state index contributed by atoms with van der Waals surface area (Å²) in [6.07, 6.45) is 0. The average molecular weight is 264 g/mol. The molecule has 0 saturated heterocycles. The number of hydrogen-bond acceptors (Lipinski definition) is 4. The van der Waals surface area contributed by atoms with Crippen LogP contribution in [0.15, 0.2) is 18.2 Å². The molecule has 0 aromatic heterocycles. The second-order valence-corrected chi connectivity index (χ2v) is 6.15. The highest BCUT2D eigenvalue weighted by Crippen LogP contribution is 2.23. The highest BCUT2D eigenvalue weighted by molar-refractivity contribution is 7.91. The monoisotopic (exact) mass is 263 g/mol. The van der Waals surface area contributed by atoms with E-state index in [0.717, 1.165) is 0 Å². The summed E-state index contributed by atoms with van der Waals surface area (Å²) in [6, 6.07) is 4.83. The number of nitrogen functional groups attached to an aromatic ring is 1. The molecule has 0 unspecified atom stereocenters. The van der Waals surface area contributed by atoms with Crippen molar-refractivity contribution in [1.82, 2.24) is 0 Å². The Morgan fingerprint density at radius 1 is 1.44 bits per heavy atom. The van der Waals surface area contributed by atoms with Crippen molar-refractivity contribution in [2.45, 2.75) is 6.92 Å². The molecule has 0 amide bonds. The molecule has 0 atom stereocenters. The molecule has 0 aliphatic carbocycles. The number of anilines is 1. The molecule has 16 heavy (non-hydrogen) atoms. The van der Waals surface area contributed by atoms with E-state index >= 15 is 0 Å². The van der Waals surface area contributed by atoms with Crippen LogP contribution < -0.4 is 10.5 Å². The second kappa shape index (κ2) is 5.41. The lowest BCUT2D eigenvalue weighted by molar-refractivity contribution is 0.341. The molecule has 4 nitrogen and oxygen atoms in total. The molecule has 0 bridgehead atoms. The van der Waals surface area contributed by atoms with Gasteiger partial charge in [-0.15, -0.1) is 0 Å². The molecule has 0 aliphatic heterocycles. The molecule has 0 fully saturated rings. The second-order valence-electron chi connectivity index (χ2n) is 3.27. The van der Waals surface area contributed by atoms with Crippen molar-refractivity contribution in [1.29, 1.82) is 0 Å². The molecular formula is C10H14ClNO3S. The normalized spacial score (nSPS) is 11.4. The summed E-state index contributed by atoms with van der Waals surface area (Å²) in [4.78, 5) is 0. The van der Waals surface area contributed by atoms with Gasteiger partial charge in [0.2, 0.25) is 0 Å². The maximum Gasteiger partial charge on any atom is 0.153 e. The molecule has 1 aromatic rings. The Labute approximate surface area is 100 Å². The third-order valence-electron chi connectivity index (χ3n) is 2.07. The Bertz CT molecular complexity index is 459. The van der Waals surface area contributed by atoms with Gasteiger partial charge in [-0.3, -0.25) is 0 Å². The van der Waals surface area contributed by atoms with Crippen molar-refractivity contribution >= 4 is 27.1 Å². The van der Waals surface area contributed by atoms with Crippen molar-refractivity contribution in [3.8, 4) is 5.75 Å². The van der Waals surface area contributed by atoms with E-state index in [-0.39, 0.29) is 18.1 Å². The lowest BCUT2D eigenvalue weighted by Gasteiger charge is -2.07. The minimum atomic E-state index is -2.99. The third kappa shape index (κ3) is 3.90. The predicted octanol–water partition coefficient (Wildman–Crippen LogP) is 1.74. The van der Waals surface area contributed by atoms with Crippen LogP contribution >= 0.6 is 11.6 Å². The van der Waals surface area contributed by atoms with E-state index in [4.69, 9.17) is 22.1 Å². The van der Waals surface area contributed by atoms with Gasteiger partial charge in [0.25, 0.3) is 0 Å². The fourth-order valence-electron chi connectivity index (χ4n) is 1.03. The summed E-state index contributed by atoms with van der Waals surface area (Å²) in [5.41, 5.74) is 5.99. The molecule has 6 heteroatoms. The van der Waals surface area contributed by atoms with Crippen LogP contribution in [-0.4, -0.2) is 26.5 Å². The average Bonchev–Trinajstić information content (AvgIpc) is 2.23. The summed E-state index contributed by atoms with van der Waals surface area (Å²) < 4.78 is 27.6. The van der Waals surface area contributed by atoms with Gasteiger partial charge in [-0.1, -0.05) is 18.5 Å². The van der Waals surface area contributed by atoms with Crippen LogP contribution in [0.25, 0.3) is 0 Å². The summed E-state index contributed by atoms with van der Waals surface area (Å²) in [7, 11) is -2.99. The van der Waals surface area contributed by atoms with Gasteiger partial charge in [0.1, 0.15) is 12.4 Å². The molecule has 0 heterocycles. The first-order valence-electron chi connectivity index (χ1n) is 4.83. The Kier molecular flexibility index (Phi) is 4.44. The van der Waals surface area contributed by atoms with E-state index in [0.29, 0.717) is 16.5 Å². The fraction of sp³-hybridized carbons (Fsp3) is 0.400. The van der Waals surface area contributed by atoms with Gasteiger partial charge in [0.15, 0.2) is 9.84 Å². The van der Waals surface area contributed by atoms with Gasteiger partial charge in [0.05, 0.1) is 16.5 Å². The number of hydrogen-bond donors (Lipinski definition) is 1. The number of halogens is 1. The van der Waals surface area contributed by atoms with Gasteiger partial charge < -0.3 is 10.5 Å². The SMILES string of the molecule is CCS(=O)(=O)CCOc1ccc(N)c(Cl)c1. The van der Waals surface area contributed by atoms with Crippen LogP contribution in [0.5, 0.6) is 5.75 Å². The maximum atomic E-state index is 11.2. The van der Waals surface area contributed by atoms with E-state index in [1.54, 1.807) is 25.1 Å². The zero-order valence-electron chi connectivity index (χ0n) is 8.94. The van der Waals surface area contributed by atoms with E-state index in [9.17, 15) is 8.42 Å². The first-order valence-corrected chi connectivity index (χ1v) is 7.03. The van der Waals surface area contributed by atoms with Crippen LogP contribution in [0, 0.1) is 0 Å². The van der Waals surface area contributed by atoms with Gasteiger partial charge in [0, 0.05) is 11.8 Å². The van der Waals surface area contributed by atoms with E-state index in [1.807, 2.05) is 0 Å². The van der Waals surface area contributed by atoms with Crippen LogP contribution in [0.2, 0.25) is 5.02 Å². The highest BCUT2D eigenvalue weighted by atomic mass is 35.5. The van der Waals surface area contributed by atoms with Crippen molar-refractivity contribution in [3.05, 3.63) is 23.2 Å². The summed E-state index contributed by atoms with van der Waals surface area (Å²) in [5.74, 6) is 0.648. The zero-order valence-corrected chi connectivity index (χ0v) is 10.5. The number of sulfone groups is 1. The third-order valence-corrected chi connectivity index (χ3v) is 4.07. The standard InChI is InChI=1S/C10H14ClNO3S/c1-2-16(13,14)6-5-15-8-3-4-10(12)9(11)7-8/h3-4,7H,2,5-6,12H2,1H3. The highest BCUT2D eigenvalue weighted by Gasteiger charge is 2.07. The fourth-order valence-corrected chi connectivity index (χ4v) is 1.82. The Morgan fingerprint density at radius 2 is 2.12 bits per heavy atom. The Morgan fingerprint density at radius 3 is 2.69 bits per heavy atom. The number of rotatable bonds is 5. The number of benzene rings is 1. The smallest absolute Gasteiger partial charge is 0.153 e. The van der Waals surface area contributed by atoms with Crippen LogP contribution in [0.4, 0.5) is 5.69 Å². The molecule has 1 rings (SSSR count). The van der Waals surface area contributed by atoms with Gasteiger partial charge in [-0.2, -0.15) is 0 Å². The van der Waals surface area contributed by atoms with Crippen LogP contribution in [0.3, 0.4) is 0 Å². The lowest BCUT2D eigenvalue weighted by atomic mass is 10.3. The lowest BCUT2D eigenvalue weighted by Crippen LogP contribution is -2.15. The van der Waals surface area contributed by atoms with Gasteiger partial charge in [-0.25, -0.2) is 8.42 Å². The van der Waals surface area contributed by atoms with E-state index in [2.05, 4.69) is 0 Å². The Hall–Kier alpha value is -0.940. The largest absolute Gasteiger partial charge is 0.492 e. The van der Waals surface area contributed by atoms with E-state index in [1.165, 1.54) is 0 Å². The minimum absolute atomic E-state index is 0.00545. The van der Waals surface area contributed by atoms with Crippen molar-refractivity contribution in [3.63, 3.8) is 0 Å². The zero-order chi connectivity index (χ0) is 12.2.